The molecular weight excluding hydrogens is 340 g/mol. The lowest BCUT2D eigenvalue weighted by atomic mass is 9.99. The van der Waals surface area contributed by atoms with Crippen molar-refractivity contribution in [2.75, 3.05) is 18.0 Å². The summed E-state index contributed by atoms with van der Waals surface area (Å²) in [6, 6.07) is 10.2. The van der Waals surface area contributed by atoms with E-state index >= 15 is 0 Å². The molecule has 4 heterocycles. The summed E-state index contributed by atoms with van der Waals surface area (Å²) < 4.78 is 3.94. The summed E-state index contributed by atoms with van der Waals surface area (Å²) in [6.45, 7) is 5.65. The predicted molar refractivity (Wildman–Crippen MR) is 102 cm³/mol. The Bertz CT molecular complexity index is 1140. The van der Waals surface area contributed by atoms with Crippen molar-refractivity contribution < 1.29 is 0 Å². The van der Waals surface area contributed by atoms with Crippen LogP contribution in [0.15, 0.2) is 36.5 Å². The normalized spacial score (nSPS) is 14.7. The molecule has 8 heteroatoms. The molecule has 0 spiro atoms. The van der Waals surface area contributed by atoms with Gasteiger partial charge in [-0.15, -0.1) is 5.10 Å². The summed E-state index contributed by atoms with van der Waals surface area (Å²) in [4.78, 5) is 16.2. The van der Waals surface area contributed by atoms with E-state index in [1.54, 1.807) is 10.9 Å². The average Bonchev–Trinajstić information content (AvgIpc) is 3.18. The van der Waals surface area contributed by atoms with Crippen molar-refractivity contribution in [1.29, 1.82) is 0 Å². The third kappa shape index (κ3) is 2.56. The maximum absolute atomic E-state index is 4.83. The zero-order valence-electron chi connectivity index (χ0n) is 15.5. The molecule has 0 atom stereocenters. The lowest BCUT2D eigenvalue weighted by molar-refractivity contribution is 0.485. The molecule has 0 N–H and O–H groups in total. The first-order valence-corrected chi connectivity index (χ1v) is 9.00. The van der Waals surface area contributed by atoms with Crippen LogP contribution in [-0.4, -0.2) is 47.6 Å². The highest BCUT2D eigenvalue weighted by molar-refractivity contribution is 5.76. The van der Waals surface area contributed by atoms with E-state index in [-0.39, 0.29) is 0 Å². The number of fused-ring (bicyclic) bond motifs is 1. The smallest absolute Gasteiger partial charge is 0.161 e. The van der Waals surface area contributed by atoms with Crippen LogP contribution in [0.2, 0.25) is 0 Å². The fourth-order valence-electron chi connectivity index (χ4n) is 3.68. The van der Waals surface area contributed by atoms with Crippen molar-refractivity contribution in [3.63, 3.8) is 0 Å². The largest absolute Gasteiger partial charge is 0.355 e. The van der Waals surface area contributed by atoms with Gasteiger partial charge >= 0.3 is 0 Å². The Hall–Kier alpha value is -3.29. The second kappa shape index (κ2) is 5.87. The number of imidazole rings is 1. The van der Waals surface area contributed by atoms with Crippen LogP contribution in [0.4, 0.5) is 5.82 Å². The number of rotatable bonds is 3. The summed E-state index contributed by atoms with van der Waals surface area (Å²) in [5, 5.41) is 8.06. The van der Waals surface area contributed by atoms with Gasteiger partial charge in [0.15, 0.2) is 5.82 Å². The minimum absolute atomic E-state index is 0.397. The minimum Gasteiger partial charge on any atom is -0.355 e. The van der Waals surface area contributed by atoms with Crippen molar-refractivity contribution >= 4 is 16.9 Å². The van der Waals surface area contributed by atoms with Crippen LogP contribution in [0.25, 0.3) is 16.9 Å². The number of nitrogens with zero attached hydrogens (tertiary/aromatic N) is 8. The van der Waals surface area contributed by atoms with Gasteiger partial charge in [0.2, 0.25) is 0 Å². The maximum Gasteiger partial charge on any atom is 0.161 e. The number of aryl methyl sites for hydroxylation is 3. The van der Waals surface area contributed by atoms with E-state index in [1.165, 1.54) is 5.52 Å². The summed E-state index contributed by atoms with van der Waals surface area (Å²) in [5.41, 5.74) is 3.17. The van der Waals surface area contributed by atoms with Crippen molar-refractivity contribution in [1.82, 2.24) is 34.5 Å². The van der Waals surface area contributed by atoms with Gasteiger partial charge < -0.3 is 9.47 Å². The van der Waals surface area contributed by atoms with Crippen LogP contribution in [-0.2, 0) is 7.05 Å². The summed E-state index contributed by atoms with van der Waals surface area (Å²) in [7, 11) is 2.09. The Morgan fingerprint density at radius 3 is 2.52 bits per heavy atom. The van der Waals surface area contributed by atoms with Crippen molar-refractivity contribution in [2.45, 2.75) is 19.8 Å². The zero-order chi connectivity index (χ0) is 18.5. The monoisotopic (exact) mass is 360 g/mol. The fraction of sp³-hybridized carbons (Fsp3) is 0.316. The van der Waals surface area contributed by atoms with Crippen LogP contribution < -0.4 is 4.90 Å². The van der Waals surface area contributed by atoms with Crippen molar-refractivity contribution in [3.05, 3.63) is 53.9 Å². The predicted octanol–water partition coefficient (Wildman–Crippen LogP) is 2.16. The molecule has 1 aliphatic heterocycles. The Morgan fingerprint density at radius 2 is 1.78 bits per heavy atom. The molecule has 0 saturated carbocycles. The van der Waals surface area contributed by atoms with E-state index in [9.17, 15) is 0 Å². The molecule has 1 fully saturated rings. The molecule has 0 radical (unpaired) electrons. The number of para-hydroxylation sites is 2. The molecule has 0 aliphatic carbocycles. The first kappa shape index (κ1) is 15.9. The molecule has 0 bridgehead atoms. The van der Waals surface area contributed by atoms with Gasteiger partial charge in [0.25, 0.3) is 0 Å². The molecule has 0 amide bonds. The zero-order valence-corrected chi connectivity index (χ0v) is 15.5. The van der Waals surface area contributed by atoms with Gasteiger partial charge in [-0.1, -0.05) is 17.3 Å². The fourth-order valence-corrected chi connectivity index (χ4v) is 3.68. The highest BCUT2D eigenvalue weighted by Crippen LogP contribution is 2.32. The van der Waals surface area contributed by atoms with Gasteiger partial charge in [0.1, 0.15) is 17.5 Å². The van der Waals surface area contributed by atoms with E-state index in [0.717, 1.165) is 47.6 Å². The van der Waals surface area contributed by atoms with Crippen LogP contribution in [0.3, 0.4) is 0 Å². The average molecular weight is 360 g/mol. The Kier molecular flexibility index (Phi) is 3.46. The third-order valence-corrected chi connectivity index (χ3v) is 5.14. The number of hydrogen-bond donors (Lipinski definition) is 0. The van der Waals surface area contributed by atoms with E-state index in [2.05, 4.69) is 55.0 Å². The first-order valence-electron chi connectivity index (χ1n) is 9.00. The molecule has 3 aromatic heterocycles. The molecule has 0 unspecified atom stereocenters. The lowest BCUT2D eigenvalue weighted by Gasteiger charge is -2.39. The highest BCUT2D eigenvalue weighted by atomic mass is 15.4. The van der Waals surface area contributed by atoms with Crippen molar-refractivity contribution in [2.24, 2.45) is 7.05 Å². The van der Waals surface area contributed by atoms with Crippen molar-refractivity contribution in [3.8, 4) is 5.82 Å². The molecule has 1 aliphatic rings. The van der Waals surface area contributed by atoms with Gasteiger partial charge in [0, 0.05) is 26.2 Å². The van der Waals surface area contributed by atoms with Gasteiger partial charge in [0.05, 0.1) is 28.8 Å². The molecule has 5 rings (SSSR count). The lowest BCUT2D eigenvalue weighted by Crippen LogP contribution is -2.46. The molecule has 1 saturated heterocycles. The van der Waals surface area contributed by atoms with Gasteiger partial charge in [-0.25, -0.2) is 15.0 Å². The topological polar surface area (TPSA) is 77.5 Å². The SMILES string of the molecule is Cc1nc(N2CC(c3nc4ccccc4n3C)C2)cc(-n2nncc2C)n1. The number of anilines is 1. The molecular formula is C19H20N8. The van der Waals surface area contributed by atoms with Gasteiger partial charge in [-0.3, -0.25) is 0 Å². The summed E-state index contributed by atoms with van der Waals surface area (Å²) in [5.74, 6) is 3.92. The summed E-state index contributed by atoms with van der Waals surface area (Å²) in [6.07, 6.45) is 1.72. The second-order valence-corrected chi connectivity index (χ2v) is 7.04. The van der Waals surface area contributed by atoms with E-state index in [0.29, 0.717) is 5.92 Å². The van der Waals surface area contributed by atoms with Gasteiger partial charge in [-0.05, 0) is 26.0 Å². The van der Waals surface area contributed by atoms with Crippen LogP contribution in [0.5, 0.6) is 0 Å². The maximum atomic E-state index is 4.83. The van der Waals surface area contributed by atoms with E-state index < -0.39 is 0 Å². The minimum atomic E-state index is 0.397. The highest BCUT2D eigenvalue weighted by Gasteiger charge is 2.33. The number of aromatic nitrogens is 7. The van der Waals surface area contributed by atoms with Crippen LogP contribution in [0, 0.1) is 13.8 Å². The second-order valence-electron chi connectivity index (χ2n) is 7.04. The molecule has 136 valence electrons. The number of hydrogen-bond acceptors (Lipinski definition) is 6. The van der Waals surface area contributed by atoms with Gasteiger partial charge in [-0.2, -0.15) is 4.68 Å². The summed E-state index contributed by atoms with van der Waals surface area (Å²) >= 11 is 0. The Morgan fingerprint density at radius 1 is 1.00 bits per heavy atom. The Balaban J connectivity index is 1.41. The van der Waals surface area contributed by atoms with E-state index in [4.69, 9.17) is 4.98 Å². The molecule has 1 aromatic carbocycles. The van der Waals surface area contributed by atoms with Crippen LogP contribution >= 0.6 is 0 Å². The molecule has 8 nitrogen and oxygen atoms in total. The number of benzene rings is 1. The molecule has 27 heavy (non-hydrogen) atoms. The quantitative estimate of drug-likeness (QED) is 0.557. The van der Waals surface area contributed by atoms with E-state index in [1.807, 2.05) is 26.0 Å². The Labute approximate surface area is 156 Å². The van der Waals surface area contributed by atoms with Crippen LogP contribution in [0.1, 0.15) is 23.3 Å². The third-order valence-electron chi connectivity index (χ3n) is 5.14. The molecule has 4 aromatic rings. The standard InChI is InChI=1S/C19H20N8/c1-12-9-20-24-27(12)18-8-17(21-13(2)22-18)26-10-14(11-26)19-23-15-6-4-5-7-16(15)25(19)3/h4-9,14H,10-11H2,1-3H3. The first-order chi connectivity index (χ1) is 13.1.